The van der Waals surface area contributed by atoms with Gasteiger partial charge in [0.15, 0.2) is 0 Å². The normalized spacial score (nSPS) is 12.8. The van der Waals surface area contributed by atoms with Gasteiger partial charge in [-0.25, -0.2) is 0 Å². The maximum atomic E-state index is 11.3. The fourth-order valence-corrected chi connectivity index (χ4v) is 1.43. The lowest BCUT2D eigenvalue weighted by Gasteiger charge is -2.19. The maximum absolute atomic E-state index is 11.3. The van der Waals surface area contributed by atoms with Crippen LogP contribution < -0.4 is 16.4 Å². The average Bonchev–Trinajstić information content (AvgIpc) is 2.25. The molecule has 0 bridgehead atoms. The molecule has 0 aliphatic rings. The van der Waals surface area contributed by atoms with Crippen LogP contribution in [-0.4, -0.2) is 32.1 Å². The summed E-state index contributed by atoms with van der Waals surface area (Å²) in [6, 6.07) is 0. The minimum Gasteiger partial charge on any atom is -0.356 e. The summed E-state index contributed by atoms with van der Waals surface area (Å²) >= 11 is 0. The van der Waals surface area contributed by atoms with Crippen molar-refractivity contribution >= 4 is 5.91 Å². The van der Waals surface area contributed by atoms with E-state index in [-0.39, 0.29) is 5.91 Å². The minimum absolute atomic E-state index is 0.128. The van der Waals surface area contributed by atoms with Crippen LogP contribution in [0.2, 0.25) is 0 Å². The number of hydrogen-bond donors (Lipinski definition) is 3. The van der Waals surface area contributed by atoms with Gasteiger partial charge < -0.3 is 16.4 Å². The molecule has 0 aromatic carbocycles. The van der Waals surface area contributed by atoms with Gasteiger partial charge in [0.25, 0.3) is 0 Å². The first-order valence-electron chi connectivity index (χ1n) is 6.29. The van der Waals surface area contributed by atoms with Crippen LogP contribution in [0.3, 0.4) is 0 Å². The van der Waals surface area contributed by atoms with E-state index in [4.69, 9.17) is 5.73 Å². The summed E-state index contributed by atoms with van der Waals surface area (Å²) in [7, 11) is 0. The number of hydrogen-bond acceptors (Lipinski definition) is 3. The van der Waals surface area contributed by atoms with Gasteiger partial charge in [-0.05, 0) is 31.3 Å². The molecule has 0 fully saturated rings. The van der Waals surface area contributed by atoms with Crippen LogP contribution >= 0.6 is 0 Å². The topological polar surface area (TPSA) is 67.2 Å². The van der Waals surface area contributed by atoms with Crippen molar-refractivity contribution in [3.63, 3.8) is 0 Å². The standard InChI is InChI=1S/C12H27N3O/c1-4-6-15-12(16)5-7-14-9-11(8-13)10(2)3/h10-11,14H,4-9,13H2,1-3H3,(H,15,16). The number of amides is 1. The highest BCUT2D eigenvalue weighted by molar-refractivity contribution is 5.75. The van der Waals surface area contributed by atoms with Crippen molar-refractivity contribution in [3.05, 3.63) is 0 Å². The van der Waals surface area contributed by atoms with Crippen molar-refractivity contribution in [2.75, 3.05) is 26.2 Å². The highest BCUT2D eigenvalue weighted by Gasteiger charge is 2.10. The molecule has 96 valence electrons. The smallest absolute Gasteiger partial charge is 0.221 e. The molecule has 0 saturated carbocycles. The quantitative estimate of drug-likeness (QED) is 0.510. The van der Waals surface area contributed by atoms with Crippen LogP contribution in [-0.2, 0) is 4.79 Å². The summed E-state index contributed by atoms with van der Waals surface area (Å²) in [6.07, 6.45) is 1.54. The van der Waals surface area contributed by atoms with Gasteiger partial charge in [-0.1, -0.05) is 20.8 Å². The van der Waals surface area contributed by atoms with E-state index < -0.39 is 0 Å². The molecule has 1 unspecified atom stereocenters. The van der Waals surface area contributed by atoms with Crippen molar-refractivity contribution in [3.8, 4) is 0 Å². The van der Waals surface area contributed by atoms with Gasteiger partial charge in [0.05, 0.1) is 0 Å². The van der Waals surface area contributed by atoms with Gasteiger partial charge in [-0.2, -0.15) is 0 Å². The highest BCUT2D eigenvalue weighted by Crippen LogP contribution is 2.06. The molecule has 0 aromatic rings. The fourth-order valence-electron chi connectivity index (χ4n) is 1.43. The number of carbonyl (C=O) groups is 1. The predicted octanol–water partition coefficient (Wildman–Crippen LogP) is 0.723. The van der Waals surface area contributed by atoms with Gasteiger partial charge in [0, 0.05) is 19.5 Å². The Morgan fingerprint density at radius 2 is 2.00 bits per heavy atom. The number of rotatable bonds is 9. The van der Waals surface area contributed by atoms with E-state index >= 15 is 0 Å². The zero-order chi connectivity index (χ0) is 12.4. The van der Waals surface area contributed by atoms with Crippen LogP contribution in [0.4, 0.5) is 0 Å². The Morgan fingerprint density at radius 3 is 2.50 bits per heavy atom. The first-order chi connectivity index (χ1) is 7.61. The second kappa shape index (κ2) is 9.60. The Hall–Kier alpha value is -0.610. The van der Waals surface area contributed by atoms with Crippen molar-refractivity contribution in [1.29, 1.82) is 0 Å². The van der Waals surface area contributed by atoms with Crippen molar-refractivity contribution in [1.82, 2.24) is 10.6 Å². The third-order valence-electron chi connectivity index (χ3n) is 2.75. The largest absolute Gasteiger partial charge is 0.356 e. The minimum atomic E-state index is 0.128. The number of nitrogens with one attached hydrogen (secondary N) is 2. The Kier molecular flexibility index (Phi) is 9.24. The van der Waals surface area contributed by atoms with Crippen molar-refractivity contribution in [2.45, 2.75) is 33.6 Å². The Labute approximate surface area is 99.4 Å². The molecule has 16 heavy (non-hydrogen) atoms. The lowest BCUT2D eigenvalue weighted by atomic mass is 9.96. The number of nitrogens with two attached hydrogens (primary N) is 1. The van der Waals surface area contributed by atoms with Gasteiger partial charge in [-0.3, -0.25) is 4.79 Å². The first kappa shape index (κ1) is 15.4. The van der Waals surface area contributed by atoms with Gasteiger partial charge in [0.2, 0.25) is 5.91 Å². The Bertz CT molecular complexity index is 183. The van der Waals surface area contributed by atoms with Crippen LogP contribution in [0, 0.1) is 11.8 Å². The SMILES string of the molecule is CCCNC(=O)CCNCC(CN)C(C)C. The van der Waals surface area contributed by atoms with Crippen LogP contribution in [0.1, 0.15) is 33.6 Å². The maximum Gasteiger partial charge on any atom is 0.221 e. The lowest BCUT2D eigenvalue weighted by molar-refractivity contribution is -0.120. The molecule has 0 spiro atoms. The monoisotopic (exact) mass is 229 g/mol. The summed E-state index contributed by atoms with van der Waals surface area (Å²) in [4.78, 5) is 11.3. The van der Waals surface area contributed by atoms with Crippen molar-refractivity contribution < 1.29 is 4.79 Å². The molecule has 4 nitrogen and oxygen atoms in total. The van der Waals surface area contributed by atoms with E-state index in [2.05, 4.69) is 24.5 Å². The molecule has 4 heteroatoms. The molecule has 0 aromatic heterocycles. The lowest BCUT2D eigenvalue weighted by Crippen LogP contribution is -2.34. The van der Waals surface area contributed by atoms with Crippen molar-refractivity contribution in [2.24, 2.45) is 17.6 Å². The van der Waals surface area contributed by atoms with Crippen LogP contribution in [0.15, 0.2) is 0 Å². The molecule has 0 aliphatic heterocycles. The van der Waals surface area contributed by atoms with Gasteiger partial charge >= 0.3 is 0 Å². The molecule has 1 amide bonds. The van der Waals surface area contributed by atoms with Gasteiger partial charge in [0.1, 0.15) is 0 Å². The average molecular weight is 229 g/mol. The Morgan fingerprint density at radius 1 is 1.31 bits per heavy atom. The molecule has 1 atom stereocenters. The van der Waals surface area contributed by atoms with E-state index in [0.29, 0.717) is 24.8 Å². The molecule has 0 radical (unpaired) electrons. The molecule has 0 heterocycles. The zero-order valence-corrected chi connectivity index (χ0v) is 10.9. The fraction of sp³-hybridized carbons (Fsp3) is 0.917. The zero-order valence-electron chi connectivity index (χ0n) is 10.9. The summed E-state index contributed by atoms with van der Waals surface area (Å²) in [5.41, 5.74) is 5.66. The molecule has 4 N–H and O–H groups in total. The molecule has 0 rings (SSSR count). The molecular formula is C12H27N3O. The first-order valence-corrected chi connectivity index (χ1v) is 6.29. The van der Waals surface area contributed by atoms with Crippen LogP contribution in [0.5, 0.6) is 0 Å². The predicted molar refractivity (Wildman–Crippen MR) is 68.2 cm³/mol. The van der Waals surface area contributed by atoms with Gasteiger partial charge in [-0.15, -0.1) is 0 Å². The molecule has 0 aliphatic carbocycles. The van der Waals surface area contributed by atoms with E-state index in [9.17, 15) is 4.79 Å². The molecule has 0 saturated heterocycles. The van der Waals surface area contributed by atoms with E-state index in [0.717, 1.165) is 26.1 Å². The van der Waals surface area contributed by atoms with E-state index in [1.807, 2.05) is 6.92 Å². The number of carbonyl (C=O) groups excluding carboxylic acids is 1. The van der Waals surface area contributed by atoms with E-state index in [1.54, 1.807) is 0 Å². The summed E-state index contributed by atoms with van der Waals surface area (Å²) < 4.78 is 0. The molecular weight excluding hydrogens is 202 g/mol. The third kappa shape index (κ3) is 7.65. The summed E-state index contributed by atoms with van der Waals surface area (Å²) in [5.74, 6) is 1.22. The third-order valence-corrected chi connectivity index (χ3v) is 2.75. The Balaban J connectivity index is 3.47. The van der Waals surface area contributed by atoms with Crippen LogP contribution in [0.25, 0.3) is 0 Å². The second-order valence-corrected chi connectivity index (χ2v) is 4.54. The highest BCUT2D eigenvalue weighted by atomic mass is 16.1. The summed E-state index contributed by atoms with van der Waals surface area (Å²) in [6.45, 7) is 9.50. The van der Waals surface area contributed by atoms with E-state index in [1.165, 1.54) is 0 Å². The second-order valence-electron chi connectivity index (χ2n) is 4.54. The summed E-state index contributed by atoms with van der Waals surface area (Å²) in [5, 5.41) is 6.14.